The van der Waals surface area contributed by atoms with Gasteiger partial charge in [-0.3, -0.25) is 4.79 Å². The summed E-state index contributed by atoms with van der Waals surface area (Å²) in [4.78, 5) is 22.0. The van der Waals surface area contributed by atoms with E-state index in [4.69, 9.17) is 4.74 Å². The van der Waals surface area contributed by atoms with Gasteiger partial charge in [0.2, 0.25) is 11.0 Å². The molecule has 0 N–H and O–H groups in total. The minimum Gasteiger partial charge on any atom is -0.384 e. The minimum absolute atomic E-state index is 0.0512. The lowest BCUT2D eigenvalue weighted by Gasteiger charge is -2.36. The topological polar surface area (TPSA) is 58.6 Å². The van der Waals surface area contributed by atoms with Crippen LogP contribution in [-0.4, -0.2) is 53.5 Å². The van der Waals surface area contributed by atoms with Crippen LogP contribution in [0.4, 0.5) is 5.13 Å². The molecule has 1 atom stereocenters. The molecule has 4 rings (SSSR count). The molecule has 0 saturated carbocycles. The van der Waals surface area contributed by atoms with E-state index in [1.807, 2.05) is 4.90 Å². The fraction of sp³-hybridized carbons (Fsp3) is 0.550. The van der Waals surface area contributed by atoms with Gasteiger partial charge in [0, 0.05) is 51.2 Å². The zero-order valence-corrected chi connectivity index (χ0v) is 16.6. The van der Waals surface area contributed by atoms with E-state index >= 15 is 0 Å². The Balaban J connectivity index is 1.39. The summed E-state index contributed by atoms with van der Waals surface area (Å²) in [5.41, 5.74) is 2.67. The number of carbonyl (C=O) groups excluding carboxylic acids is 1. The van der Waals surface area contributed by atoms with Gasteiger partial charge < -0.3 is 14.5 Å². The maximum Gasteiger partial charge on any atom is 0.227 e. The van der Waals surface area contributed by atoms with Gasteiger partial charge in [0.25, 0.3) is 0 Å². The second-order valence-electron chi connectivity index (χ2n) is 7.30. The van der Waals surface area contributed by atoms with Gasteiger partial charge in [-0.15, -0.1) is 0 Å². The molecule has 3 heterocycles. The third-order valence-corrected chi connectivity index (χ3v) is 6.29. The Hall–Kier alpha value is -1.99. The Bertz CT molecular complexity index is 794. The third kappa shape index (κ3) is 4.14. The predicted octanol–water partition coefficient (Wildman–Crippen LogP) is 2.53. The highest BCUT2D eigenvalue weighted by Gasteiger charge is 2.32. The van der Waals surface area contributed by atoms with Gasteiger partial charge in [-0.2, -0.15) is 4.37 Å². The maximum atomic E-state index is 13.1. The number of fused-ring (bicyclic) bond motifs is 1. The van der Waals surface area contributed by atoms with E-state index in [-0.39, 0.29) is 5.92 Å². The minimum atomic E-state index is 0.0512. The molecule has 2 aliphatic heterocycles. The number of amides is 1. The van der Waals surface area contributed by atoms with Crippen LogP contribution in [0.3, 0.4) is 0 Å². The quantitative estimate of drug-likeness (QED) is 0.790. The molecule has 6 nitrogen and oxygen atoms in total. The van der Waals surface area contributed by atoms with E-state index in [0.717, 1.165) is 62.8 Å². The molecule has 2 aromatic rings. The second-order valence-corrected chi connectivity index (χ2v) is 8.03. The Labute approximate surface area is 164 Å². The lowest BCUT2D eigenvalue weighted by Crippen LogP contribution is -2.46. The van der Waals surface area contributed by atoms with Gasteiger partial charge in [0.05, 0.1) is 12.5 Å². The number of hydrogen-bond donors (Lipinski definition) is 0. The summed E-state index contributed by atoms with van der Waals surface area (Å²) in [6.07, 6.45) is 3.67. The first kappa shape index (κ1) is 18.4. The highest BCUT2D eigenvalue weighted by molar-refractivity contribution is 7.09. The van der Waals surface area contributed by atoms with E-state index in [9.17, 15) is 4.79 Å². The van der Waals surface area contributed by atoms with Gasteiger partial charge in [-0.1, -0.05) is 24.3 Å². The Morgan fingerprint density at radius 1 is 1.30 bits per heavy atom. The fourth-order valence-corrected chi connectivity index (χ4v) is 4.71. The standard InChI is InChI=1S/C20H26N4O2S/c1-26-12-9-18-21-20(27-22-18)24-10-4-7-17(14-24)19(25)23-11-8-15-5-2-3-6-16(15)13-23/h2-3,5-6,17H,4,7-14H2,1H3. The number of ether oxygens (including phenoxy) is 1. The Morgan fingerprint density at radius 2 is 2.15 bits per heavy atom. The van der Waals surface area contributed by atoms with E-state index in [2.05, 4.69) is 38.5 Å². The van der Waals surface area contributed by atoms with Crippen LogP contribution < -0.4 is 4.90 Å². The molecule has 1 aromatic heterocycles. The molecule has 7 heteroatoms. The monoisotopic (exact) mass is 386 g/mol. The zero-order chi connectivity index (χ0) is 18.6. The van der Waals surface area contributed by atoms with Crippen molar-refractivity contribution in [3.05, 3.63) is 41.2 Å². The predicted molar refractivity (Wildman–Crippen MR) is 106 cm³/mol. The molecule has 0 radical (unpaired) electrons. The van der Waals surface area contributed by atoms with Crippen LogP contribution in [0.15, 0.2) is 24.3 Å². The lowest BCUT2D eigenvalue weighted by atomic mass is 9.94. The number of benzene rings is 1. The molecule has 0 spiro atoms. The average Bonchev–Trinajstić information content (AvgIpc) is 3.20. The molecular formula is C20H26N4O2S. The molecule has 0 aliphatic carbocycles. The molecule has 144 valence electrons. The number of aromatic nitrogens is 2. The summed E-state index contributed by atoms with van der Waals surface area (Å²) in [7, 11) is 1.69. The summed E-state index contributed by atoms with van der Waals surface area (Å²) in [5.74, 6) is 1.17. The largest absolute Gasteiger partial charge is 0.384 e. The van der Waals surface area contributed by atoms with E-state index in [0.29, 0.717) is 12.5 Å². The van der Waals surface area contributed by atoms with Crippen LogP contribution in [0, 0.1) is 5.92 Å². The van der Waals surface area contributed by atoms with Crippen molar-refractivity contribution in [2.75, 3.05) is 38.3 Å². The average molecular weight is 387 g/mol. The number of carbonyl (C=O) groups is 1. The molecule has 1 saturated heterocycles. The van der Waals surface area contributed by atoms with Crippen molar-refractivity contribution in [1.82, 2.24) is 14.3 Å². The number of methoxy groups -OCH3 is 1. The lowest BCUT2D eigenvalue weighted by molar-refractivity contribution is -0.136. The Kier molecular flexibility index (Phi) is 5.69. The number of rotatable bonds is 5. The SMILES string of the molecule is COCCc1nsc(N2CCCC(C(=O)N3CCc4ccccc4C3)C2)n1. The van der Waals surface area contributed by atoms with E-state index < -0.39 is 0 Å². The first-order chi connectivity index (χ1) is 13.2. The van der Waals surface area contributed by atoms with Crippen molar-refractivity contribution >= 4 is 22.6 Å². The molecule has 1 unspecified atom stereocenters. The second kappa shape index (κ2) is 8.35. The number of anilines is 1. The molecule has 27 heavy (non-hydrogen) atoms. The number of nitrogens with zero attached hydrogens (tertiary/aromatic N) is 4. The summed E-state index contributed by atoms with van der Waals surface area (Å²) >= 11 is 1.43. The van der Waals surface area contributed by atoms with Crippen LogP contribution in [0.1, 0.15) is 29.8 Å². The van der Waals surface area contributed by atoms with Gasteiger partial charge in [-0.05, 0) is 30.4 Å². The smallest absolute Gasteiger partial charge is 0.227 e. The zero-order valence-electron chi connectivity index (χ0n) is 15.8. The van der Waals surface area contributed by atoms with Crippen LogP contribution in [0.5, 0.6) is 0 Å². The van der Waals surface area contributed by atoms with Crippen molar-refractivity contribution in [3.8, 4) is 0 Å². The molecule has 1 aromatic carbocycles. The van der Waals surface area contributed by atoms with Crippen molar-refractivity contribution in [1.29, 1.82) is 0 Å². The van der Waals surface area contributed by atoms with Gasteiger partial charge in [0.1, 0.15) is 5.82 Å². The Morgan fingerprint density at radius 3 is 3.00 bits per heavy atom. The van der Waals surface area contributed by atoms with Crippen molar-refractivity contribution in [3.63, 3.8) is 0 Å². The molecular weight excluding hydrogens is 360 g/mol. The van der Waals surface area contributed by atoms with Crippen molar-refractivity contribution < 1.29 is 9.53 Å². The molecule has 0 bridgehead atoms. The maximum absolute atomic E-state index is 13.1. The van der Waals surface area contributed by atoms with Gasteiger partial charge >= 0.3 is 0 Å². The summed E-state index contributed by atoms with van der Waals surface area (Å²) < 4.78 is 9.53. The van der Waals surface area contributed by atoms with E-state index in [1.54, 1.807) is 7.11 Å². The molecule has 1 amide bonds. The highest BCUT2D eigenvalue weighted by atomic mass is 32.1. The fourth-order valence-electron chi connectivity index (χ4n) is 3.96. The summed E-state index contributed by atoms with van der Waals surface area (Å²) in [5, 5.41) is 0.933. The number of piperidine rings is 1. The molecule has 2 aliphatic rings. The van der Waals surface area contributed by atoms with Crippen LogP contribution in [0.25, 0.3) is 0 Å². The van der Waals surface area contributed by atoms with E-state index in [1.165, 1.54) is 22.7 Å². The van der Waals surface area contributed by atoms with Crippen LogP contribution in [0.2, 0.25) is 0 Å². The van der Waals surface area contributed by atoms with Crippen molar-refractivity contribution in [2.24, 2.45) is 5.92 Å². The molecule has 1 fully saturated rings. The van der Waals surface area contributed by atoms with Gasteiger partial charge in [0.15, 0.2) is 0 Å². The summed E-state index contributed by atoms with van der Waals surface area (Å²) in [6.45, 7) is 3.90. The summed E-state index contributed by atoms with van der Waals surface area (Å²) in [6, 6.07) is 8.46. The third-order valence-electron chi connectivity index (χ3n) is 5.47. The van der Waals surface area contributed by atoms with Crippen molar-refractivity contribution in [2.45, 2.75) is 32.2 Å². The van der Waals surface area contributed by atoms with Crippen LogP contribution >= 0.6 is 11.5 Å². The first-order valence-corrected chi connectivity index (χ1v) is 10.4. The first-order valence-electron chi connectivity index (χ1n) is 9.66. The normalized spacial score (nSPS) is 19.8. The van der Waals surface area contributed by atoms with Gasteiger partial charge in [-0.25, -0.2) is 4.98 Å². The highest BCUT2D eigenvalue weighted by Crippen LogP contribution is 2.27. The van der Waals surface area contributed by atoms with Crippen LogP contribution in [-0.2, 0) is 28.9 Å². The number of hydrogen-bond acceptors (Lipinski definition) is 6.